The molecule has 1 aromatic rings. The third-order valence-electron chi connectivity index (χ3n) is 1.87. The summed E-state index contributed by atoms with van der Waals surface area (Å²) in [5.41, 5.74) is 2.32. The fraction of sp³-hybridized carbons (Fsp3) is 0.500. The lowest BCUT2D eigenvalue weighted by Crippen LogP contribution is -1.95. The van der Waals surface area contributed by atoms with E-state index in [4.69, 9.17) is 4.74 Å². The Bertz CT molecular complexity index is 258. The molecule has 1 heterocycles. The molecule has 0 spiro atoms. The normalized spacial score (nSPS) is 9.92. The molecule has 0 aliphatic heterocycles. The smallest absolute Gasteiger partial charge is 0.128 e. The Morgan fingerprint density at radius 2 is 2.17 bits per heavy atom. The first-order valence-electron chi connectivity index (χ1n) is 4.27. The van der Waals surface area contributed by atoms with Crippen molar-refractivity contribution in [1.29, 1.82) is 0 Å². The van der Waals surface area contributed by atoms with Crippen molar-refractivity contribution in [2.45, 2.75) is 26.7 Å². The molecule has 0 bridgehead atoms. The molecule has 0 radical (unpaired) electrons. The number of hydrogen-bond donors (Lipinski definition) is 0. The highest BCUT2D eigenvalue weighted by molar-refractivity contribution is 5.37. The Morgan fingerprint density at radius 1 is 1.42 bits per heavy atom. The van der Waals surface area contributed by atoms with Gasteiger partial charge in [-0.25, -0.2) is 0 Å². The predicted octanol–water partition coefficient (Wildman–Crippen LogP) is 2.35. The molecule has 0 aliphatic rings. The van der Waals surface area contributed by atoms with Crippen LogP contribution in [0.5, 0.6) is 5.75 Å². The summed E-state index contributed by atoms with van der Waals surface area (Å²) in [4.78, 5) is 4.13. The van der Waals surface area contributed by atoms with Crippen molar-refractivity contribution in [3.63, 3.8) is 0 Å². The van der Waals surface area contributed by atoms with Gasteiger partial charge in [-0.2, -0.15) is 0 Å². The quantitative estimate of drug-likeness (QED) is 0.686. The molecule has 0 fully saturated rings. The summed E-state index contributed by atoms with van der Waals surface area (Å²) in [5.74, 6) is 0.992. The third kappa shape index (κ3) is 1.76. The van der Waals surface area contributed by atoms with Gasteiger partial charge in [0.05, 0.1) is 7.11 Å². The van der Waals surface area contributed by atoms with Crippen molar-refractivity contribution >= 4 is 0 Å². The highest BCUT2D eigenvalue weighted by Crippen LogP contribution is 2.22. The predicted molar refractivity (Wildman–Crippen MR) is 49.5 cm³/mol. The van der Waals surface area contributed by atoms with Crippen LogP contribution in [0.1, 0.15) is 24.5 Å². The van der Waals surface area contributed by atoms with Crippen LogP contribution in [0, 0.1) is 6.92 Å². The van der Waals surface area contributed by atoms with E-state index in [1.165, 1.54) is 5.56 Å². The maximum Gasteiger partial charge on any atom is 0.128 e. The molecule has 0 saturated heterocycles. The maximum atomic E-state index is 5.29. The van der Waals surface area contributed by atoms with E-state index in [0.29, 0.717) is 0 Å². The lowest BCUT2D eigenvalue weighted by molar-refractivity contribution is 0.405. The SMILES string of the molecule is CCCc1cncc(C)c1OC. The summed E-state index contributed by atoms with van der Waals surface area (Å²) in [6.45, 7) is 4.17. The number of nitrogens with zero attached hydrogens (tertiary/aromatic N) is 1. The van der Waals surface area contributed by atoms with Gasteiger partial charge >= 0.3 is 0 Å². The zero-order chi connectivity index (χ0) is 8.97. The Kier molecular flexibility index (Phi) is 3.09. The van der Waals surface area contributed by atoms with Crippen LogP contribution in [0.3, 0.4) is 0 Å². The van der Waals surface area contributed by atoms with Gasteiger partial charge in [0, 0.05) is 23.5 Å². The summed E-state index contributed by atoms with van der Waals surface area (Å²) in [7, 11) is 1.71. The summed E-state index contributed by atoms with van der Waals surface area (Å²) >= 11 is 0. The van der Waals surface area contributed by atoms with Gasteiger partial charge < -0.3 is 4.74 Å². The monoisotopic (exact) mass is 165 g/mol. The lowest BCUT2D eigenvalue weighted by atomic mass is 10.1. The summed E-state index contributed by atoms with van der Waals surface area (Å²) < 4.78 is 5.29. The van der Waals surface area contributed by atoms with Crippen molar-refractivity contribution in [3.05, 3.63) is 23.5 Å². The third-order valence-corrected chi connectivity index (χ3v) is 1.87. The van der Waals surface area contributed by atoms with Gasteiger partial charge in [0.25, 0.3) is 0 Å². The number of hydrogen-bond acceptors (Lipinski definition) is 2. The van der Waals surface area contributed by atoms with Gasteiger partial charge in [-0.05, 0) is 13.3 Å². The van der Waals surface area contributed by atoms with Crippen LogP contribution in [-0.4, -0.2) is 12.1 Å². The molecule has 66 valence electrons. The second-order valence-corrected chi connectivity index (χ2v) is 2.90. The molecule has 2 heteroatoms. The van der Waals surface area contributed by atoms with E-state index < -0.39 is 0 Å². The zero-order valence-electron chi connectivity index (χ0n) is 7.92. The number of pyridine rings is 1. The number of aryl methyl sites for hydroxylation is 2. The average molecular weight is 165 g/mol. The molecule has 0 atom stereocenters. The second-order valence-electron chi connectivity index (χ2n) is 2.90. The highest BCUT2D eigenvalue weighted by Gasteiger charge is 2.04. The Balaban J connectivity index is 3.00. The Labute approximate surface area is 73.6 Å². The lowest BCUT2D eigenvalue weighted by Gasteiger charge is -2.08. The molecule has 2 nitrogen and oxygen atoms in total. The molecule has 0 aromatic carbocycles. The first-order valence-corrected chi connectivity index (χ1v) is 4.27. The van der Waals surface area contributed by atoms with Crippen LogP contribution in [0.2, 0.25) is 0 Å². The fourth-order valence-electron chi connectivity index (χ4n) is 1.35. The van der Waals surface area contributed by atoms with Gasteiger partial charge in [-0.1, -0.05) is 13.3 Å². The van der Waals surface area contributed by atoms with E-state index in [1.54, 1.807) is 7.11 Å². The van der Waals surface area contributed by atoms with E-state index in [2.05, 4.69) is 11.9 Å². The number of aromatic nitrogens is 1. The van der Waals surface area contributed by atoms with Gasteiger partial charge in [-0.3, -0.25) is 4.98 Å². The van der Waals surface area contributed by atoms with E-state index >= 15 is 0 Å². The molecule has 1 rings (SSSR count). The van der Waals surface area contributed by atoms with Crippen LogP contribution in [-0.2, 0) is 6.42 Å². The van der Waals surface area contributed by atoms with Crippen molar-refractivity contribution in [1.82, 2.24) is 4.98 Å². The van der Waals surface area contributed by atoms with E-state index in [0.717, 1.165) is 24.2 Å². The van der Waals surface area contributed by atoms with Gasteiger partial charge in [0.15, 0.2) is 0 Å². The molecule has 12 heavy (non-hydrogen) atoms. The largest absolute Gasteiger partial charge is 0.496 e. The van der Waals surface area contributed by atoms with E-state index in [9.17, 15) is 0 Å². The molecule has 0 saturated carbocycles. The first kappa shape index (κ1) is 9.04. The Hall–Kier alpha value is -1.05. The van der Waals surface area contributed by atoms with Gasteiger partial charge in [-0.15, -0.1) is 0 Å². The Morgan fingerprint density at radius 3 is 2.75 bits per heavy atom. The number of ether oxygens (including phenoxy) is 1. The summed E-state index contributed by atoms with van der Waals surface area (Å²) in [6, 6.07) is 0. The average Bonchev–Trinajstić information content (AvgIpc) is 2.05. The molecule has 0 aliphatic carbocycles. The maximum absolute atomic E-state index is 5.29. The van der Waals surface area contributed by atoms with Crippen molar-refractivity contribution in [2.75, 3.05) is 7.11 Å². The van der Waals surface area contributed by atoms with E-state index in [-0.39, 0.29) is 0 Å². The highest BCUT2D eigenvalue weighted by atomic mass is 16.5. The molecule has 0 unspecified atom stereocenters. The minimum absolute atomic E-state index is 0.992. The standard InChI is InChI=1S/C10H15NO/c1-4-5-9-7-11-6-8(2)10(9)12-3/h6-7H,4-5H2,1-3H3. The minimum atomic E-state index is 0.992. The van der Waals surface area contributed by atoms with Crippen LogP contribution in [0.15, 0.2) is 12.4 Å². The number of rotatable bonds is 3. The van der Waals surface area contributed by atoms with Crippen molar-refractivity contribution in [2.24, 2.45) is 0 Å². The van der Waals surface area contributed by atoms with Crippen LogP contribution in [0.25, 0.3) is 0 Å². The zero-order valence-corrected chi connectivity index (χ0v) is 7.92. The molecule has 0 amide bonds. The van der Waals surface area contributed by atoms with Crippen molar-refractivity contribution < 1.29 is 4.74 Å². The summed E-state index contributed by atoms with van der Waals surface area (Å²) in [5, 5.41) is 0. The molecule has 1 aromatic heterocycles. The van der Waals surface area contributed by atoms with Gasteiger partial charge in [0.1, 0.15) is 5.75 Å². The molecular formula is C10H15NO. The van der Waals surface area contributed by atoms with Crippen LogP contribution < -0.4 is 4.74 Å². The molecule has 0 N–H and O–H groups in total. The minimum Gasteiger partial charge on any atom is -0.496 e. The van der Waals surface area contributed by atoms with Crippen molar-refractivity contribution in [3.8, 4) is 5.75 Å². The molecular weight excluding hydrogens is 150 g/mol. The van der Waals surface area contributed by atoms with Crippen LogP contribution in [0.4, 0.5) is 0 Å². The summed E-state index contributed by atoms with van der Waals surface area (Å²) in [6.07, 6.45) is 5.88. The second kappa shape index (κ2) is 4.10. The fourth-order valence-corrected chi connectivity index (χ4v) is 1.35. The van der Waals surface area contributed by atoms with Gasteiger partial charge in [0.2, 0.25) is 0 Å². The van der Waals surface area contributed by atoms with E-state index in [1.807, 2.05) is 19.3 Å². The van der Waals surface area contributed by atoms with Crippen LogP contribution >= 0.6 is 0 Å². The first-order chi connectivity index (χ1) is 5.79. The topological polar surface area (TPSA) is 22.1 Å². The number of methoxy groups -OCH3 is 1.